The Bertz CT molecular complexity index is 714. The van der Waals surface area contributed by atoms with E-state index in [1.54, 1.807) is 13.2 Å². The highest BCUT2D eigenvalue weighted by atomic mass is 35.5. The summed E-state index contributed by atoms with van der Waals surface area (Å²) < 4.78 is 5.52. The second-order valence-electron chi connectivity index (χ2n) is 4.99. The van der Waals surface area contributed by atoms with Gasteiger partial charge in [0.2, 0.25) is 0 Å². The molecule has 1 aromatic carbocycles. The van der Waals surface area contributed by atoms with Gasteiger partial charge in [0.25, 0.3) is 0 Å². The standard InChI is InChI=1S/C15H13ClN2O3/c1-21-15(4-5-15)10-3-2-9(6-11(10)16)12-7-13(14(19)20)18-8-17-12/h2-3,6-8H,4-5H2,1H3,(H,19,20). The average molecular weight is 305 g/mol. The van der Waals surface area contributed by atoms with Crippen LogP contribution in [0.4, 0.5) is 0 Å². The molecular weight excluding hydrogens is 292 g/mol. The van der Waals surface area contributed by atoms with E-state index in [9.17, 15) is 4.79 Å². The predicted octanol–water partition coefficient (Wildman–Crippen LogP) is 3.13. The molecule has 5 nitrogen and oxygen atoms in total. The molecule has 1 aliphatic rings. The number of carboxylic acids is 1. The van der Waals surface area contributed by atoms with Crippen molar-refractivity contribution < 1.29 is 14.6 Å². The van der Waals surface area contributed by atoms with E-state index in [0.29, 0.717) is 10.7 Å². The lowest BCUT2D eigenvalue weighted by Gasteiger charge is -2.16. The molecule has 0 aliphatic heterocycles. The van der Waals surface area contributed by atoms with Gasteiger partial charge < -0.3 is 9.84 Å². The Labute approximate surface area is 126 Å². The zero-order chi connectivity index (χ0) is 15.0. The second kappa shape index (κ2) is 5.09. The number of methoxy groups -OCH3 is 1. The molecule has 108 valence electrons. The van der Waals surface area contributed by atoms with Crippen LogP contribution in [0.2, 0.25) is 5.02 Å². The highest BCUT2D eigenvalue weighted by Crippen LogP contribution is 2.51. The van der Waals surface area contributed by atoms with Crippen LogP contribution in [0.5, 0.6) is 0 Å². The third-order valence-corrected chi connectivity index (χ3v) is 4.05. The predicted molar refractivity (Wildman–Crippen MR) is 77.4 cm³/mol. The van der Waals surface area contributed by atoms with E-state index in [1.165, 1.54) is 12.4 Å². The van der Waals surface area contributed by atoms with Gasteiger partial charge in [-0.05, 0) is 25.0 Å². The molecule has 1 heterocycles. The van der Waals surface area contributed by atoms with Crippen molar-refractivity contribution in [2.75, 3.05) is 7.11 Å². The first kappa shape index (κ1) is 14.0. The highest BCUT2D eigenvalue weighted by molar-refractivity contribution is 6.31. The first-order chi connectivity index (χ1) is 10.1. The summed E-state index contributed by atoms with van der Waals surface area (Å²) in [5.74, 6) is -1.09. The van der Waals surface area contributed by atoms with Crippen molar-refractivity contribution in [2.24, 2.45) is 0 Å². The maximum Gasteiger partial charge on any atom is 0.354 e. The number of hydrogen-bond acceptors (Lipinski definition) is 4. The zero-order valence-electron chi connectivity index (χ0n) is 11.3. The smallest absolute Gasteiger partial charge is 0.354 e. The normalized spacial score (nSPS) is 15.7. The Morgan fingerprint density at radius 3 is 2.67 bits per heavy atom. The lowest BCUT2D eigenvalue weighted by atomic mass is 10.0. The van der Waals surface area contributed by atoms with Crippen molar-refractivity contribution in [2.45, 2.75) is 18.4 Å². The fourth-order valence-electron chi connectivity index (χ4n) is 2.37. The van der Waals surface area contributed by atoms with Crippen LogP contribution in [-0.2, 0) is 10.3 Å². The van der Waals surface area contributed by atoms with E-state index >= 15 is 0 Å². The summed E-state index contributed by atoms with van der Waals surface area (Å²) in [7, 11) is 1.68. The Morgan fingerprint density at radius 2 is 2.10 bits per heavy atom. The summed E-state index contributed by atoms with van der Waals surface area (Å²) in [6.07, 6.45) is 3.15. The zero-order valence-corrected chi connectivity index (χ0v) is 12.1. The number of nitrogens with zero attached hydrogens (tertiary/aromatic N) is 2. The van der Waals surface area contributed by atoms with Gasteiger partial charge in [-0.25, -0.2) is 14.8 Å². The maximum atomic E-state index is 11.0. The average Bonchev–Trinajstić information content (AvgIpc) is 3.28. The van der Waals surface area contributed by atoms with E-state index < -0.39 is 5.97 Å². The van der Waals surface area contributed by atoms with E-state index in [0.717, 1.165) is 24.0 Å². The van der Waals surface area contributed by atoms with Crippen molar-refractivity contribution in [1.82, 2.24) is 9.97 Å². The van der Waals surface area contributed by atoms with Crippen LogP contribution in [0.1, 0.15) is 28.9 Å². The van der Waals surface area contributed by atoms with Crippen LogP contribution in [0, 0.1) is 0 Å². The topological polar surface area (TPSA) is 72.3 Å². The van der Waals surface area contributed by atoms with Crippen molar-refractivity contribution in [3.8, 4) is 11.3 Å². The number of aromatic carboxylic acids is 1. The second-order valence-corrected chi connectivity index (χ2v) is 5.39. The molecule has 0 atom stereocenters. The van der Waals surface area contributed by atoms with Gasteiger partial charge in [-0.2, -0.15) is 0 Å². The molecule has 21 heavy (non-hydrogen) atoms. The number of rotatable bonds is 4. The number of hydrogen-bond donors (Lipinski definition) is 1. The SMILES string of the molecule is COC1(c2ccc(-c3cc(C(=O)O)ncn3)cc2Cl)CC1. The van der Waals surface area contributed by atoms with E-state index in [4.69, 9.17) is 21.4 Å². The monoisotopic (exact) mass is 304 g/mol. The minimum Gasteiger partial charge on any atom is -0.477 e. The Balaban J connectivity index is 1.99. The quantitative estimate of drug-likeness (QED) is 0.939. The molecule has 0 spiro atoms. The summed E-state index contributed by atoms with van der Waals surface area (Å²) >= 11 is 6.35. The first-order valence-electron chi connectivity index (χ1n) is 6.47. The van der Waals surface area contributed by atoms with Gasteiger partial charge in [0.1, 0.15) is 6.33 Å². The Kier molecular flexibility index (Phi) is 3.39. The minimum absolute atomic E-state index is 0.0456. The highest BCUT2D eigenvalue weighted by Gasteiger charge is 2.46. The van der Waals surface area contributed by atoms with Crippen molar-refractivity contribution in [3.63, 3.8) is 0 Å². The molecule has 0 radical (unpaired) electrons. The van der Waals surface area contributed by atoms with Gasteiger partial charge in [0.05, 0.1) is 11.3 Å². The number of ether oxygens (including phenoxy) is 1. The summed E-state index contributed by atoms with van der Waals surface area (Å²) in [6, 6.07) is 6.99. The molecule has 1 fully saturated rings. The van der Waals surface area contributed by atoms with Gasteiger partial charge in [-0.1, -0.05) is 23.7 Å². The summed E-state index contributed by atoms with van der Waals surface area (Å²) in [5, 5.41) is 9.57. The lowest BCUT2D eigenvalue weighted by Crippen LogP contribution is -2.09. The number of carbonyl (C=O) groups is 1. The Morgan fingerprint density at radius 1 is 1.33 bits per heavy atom. The van der Waals surface area contributed by atoms with Gasteiger partial charge in [-0.15, -0.1) is 0 Å². The molecule has 1 aromatic heterocycles. The van der Waals surface area contributed by atoms with Crippen molar-refractivity contribution in [1.29, 1.82) is 0 Å². The van der Waals surface area contributed by atoms with E-state index in [-0.39, 0.29) is 11.3 Å². The van der Waals surface area contributed by atoms with Gasteiger partial charge in [0, 0.05) is 23.3 Å². The lowest BCUT2D eigenvalue weighted by molar-refractivity contribution is 0.0690. The Hall–Kier alpha value is -1.98. The maximum absolute atomic E-state index is 11.0. The van der Waals surface area contributed by atoms with E-state index in [2.05, 4.69) is 9.97 Å². The molecule has 3 rings (SSSR count). The first-order valence-corrected chi connectivity index (χ1v) is 6.84. The minimum atomic E-state index is -1.09. The number of halogens is 1. The number of benzene rings is 1. The third kappa shape index (κ3) is 2.50. The van der Waals surface area contributed by atoms with E-state index in [1.807, 2.05) is 12.1 Å². The molecule has 0 bridgehead atoms. The summed E-state index contributed by atoms with van der Waals surface area (Å²) in [5.41, 5.74) is 1.94. The molecule has 0 saturated heterocycles. The van der Waals surface area contributed by atoms with Crippen LogP contribution in [0.3, 0.4) is 0 Å². The van der Waals surface area contributed by atoms with Crippen LogP contribution in [-0.4, -0.2) is 28.2 Å². The largest absolute Gasteiger partial charge is 0.477 e. The molecule has 1 aliphatic carbocycles. The van der Waals surface area contributed by atoms with Crippen LogP contribution >= 0.6 is 11.6 Å². The molecule has 0 amide bonds. The summed E-state index contributed by atoms with van der Waals surface area (Å²) in [4.78, 5) is 18.8. The number of carboxylic acid groups (broad SMARTS) is 1. The molecule has 2 aromatic rings. The van der Waals surface area contributed by atoms with Gasteiger partial charge >= 0.3 is 5.97 Å². The van der Waals surface area contributed by atoms with Gasteiger partial charge in [-0.3, -0.25) is 0 Å². The molecule has 1 N–H and O–H groups in total. The van der Waals surface area contributed by atoms with Crippen molar-refractivity contribution >= 4 is 17.6 Å². The van der Waals surface area contributed by atoms with Crippen LogP contribution in [0.15, 0.2) is 30.6 Å². The summed E-state index contributed by atoms with van der Waals surface area (Å²) in [6.45, 7) is 0. The molecule has 0 unspecified atom stereocenters. The molecule has 6 heteroatoms. The number of aromatic nitrogens is 2. The fourth-order valence-corrected chi connectivity index (χ4v) is 2.73. The van der Waals surface area contributed by atoms with Gasteiger partial charge in [0.15, 0.2) is 5.69 Å². The third-order valence-electron chi connectivity index (χ3n) is 3.74. The van der Waals surface area contributed by atoms with Crippen LogP contribution < -0.4 is 0 Å². The molecule has 1 saturated carbocycles. The van der Waals surface area contributed by atoms with Crippen molar-refractivity contribution in [3.05, 3.63) is 46.9 Å². The molecular formula is C15H13ClN2O3. The fraction of sp³-hybridized carbons (Fsp3) is 0.267. The van der Waals surface area contributed by atoms with Crippen LogP contribution in [0.25, 0.3) is 11.3 Å².